The zero-order valence-electron chi connectivity index (χ0n) is 9.09. The summed E-state index contributed by atoms with van der Waals surface area (Å²) in [6.45, 7) is 4.18. The van der Waals surface area contributed by atoms with E-state index in [4.69, 9.17) is 4.74 Å². The van der Waals surface area contributed by atoms with Crippen molar-refractivity contribution in [2.75, 3.05) is 7.11 Å². The Kier molecular flexibility index (Phi) is 1.99. The molecule has 0 spiro atoms. The molecule has 0 bridgehead atoms. The molecule has 0 amide bonds. The highest BCUT2D eigenvalue weighted by atomic mass is 16.5. The van der Waals surface area contributed by atoms with Crippen LogP contribution < -0.4 is 4.74 Å². The second-order valence-electron chi connectivity index (χ2n) is 3.73. The van der Waals surface area contributed by atoms with E-state index in [0.717, 1.165) is 5.75 Å². The molecule has 1 heterocycles. The van der Waals surface area contributed by atoms with Crippen molar-refractivity contribution in [3.8, 4) is 5.75 Å². The molecule has 0 fully saturated rings. The lowest BCUT2D eigenvalue weighted by Gasteiger charge is -2.05. The molecule has 0 aliphatic heterocycles. The number of fused-ring (bicyclic) bond motifs is 1. The first-order valence-corrected chi connectivity index (χ1v) is 4.74. The fourth-order valence-electron chi connectivity index (χ4n) is 1.83. The molecular weight excluding hydrogens is 174 g/mol. The second kappa shape index (κ2) is 3.05. The summed E-state index contributed by atoms with van der Waals surface area (Å²) in [5.74, 6) is 0.961. The van der Waals surface area contributed by atoms with Gasteiger partial charge in [-0.2, -0.15) is 0 Å². The summed E-state index contributed by atoms with van der Waals surface area (Å²) in [7, 11) is 3.80. The van der Waals surface area contributed by atoms with Crippen LogP contribution in [0.25, 0.3) is 10.9 Å². The Hall–Kier alpha value is -1.44. The highest BCUT2D eigenvalue weighted by Gasteiger charge is 2.06. The molecule has 2 heteroatoms. The van der Waals surface area contributed by atoms with Crippen molar-refractivity contribution in [1.82, 2.24) is 4.57 Å². The van der Waals surface area contributed by atoms with Crippen LogP contribution in [0, 0.1) is 13.8 Å². The predicted molar refractivity (Wildman–Crippen MR) is 58.9 cm³/mol. The Morgan fingerprint density at radius 1 is 1.14 bits per heavy atom. The standard InChI is InChI=1S/C12H15NO/c1-8-5-11-10(7-12(8)14-4)6-9(2)13(11)3/h5-7H,1-4H3. The molecule has 1 aromatic carbocycles. The summed E-state index contributed by atoms with van der Waals surface area (Å²) in [5.41, 5.74) is 3.72. The van der Waals surface area contributed by atoms with Gasteiger partial charge in [0, 0.05) is 23.6 Å². The quantitative estimate of drug-likeness (QED) is 0.672. The first-order valence-electron chi connectivity index (χ1n) is 4.74. The Bertz CT molecular complexity index is 483. The fraction of sp³-hybridized carbons (Fsp3) is 0.333. The van der Waals surface area contributed by atoms with Crippen molar-refractivity contribution >= 4 is 10.9 Å². The van der Waals surface area contributed by atoms with Crippen molar-refractivity contribution in [1.29, 1.82) is 0 Å². The van der Waals surface area contributed by atoms with Crippen LogP contribution in [0.3, 0.4) is 0 Å². The van der Waals surface area contributed by atoms with Gasteiger partial charge in [0.05, 0.1) is 7.11 Å². The maximum Gasteiger partial charge on any atom is 0.122 e. The van der Waals surface area contributed by atoms with E-state index in [2.05, 4.69) is 43.7 Å². The molecule has 2 aromatic rings. The van der Waals surface area contributed by atoms with Crippen molar-refractivity contribution in [3.05, 3.63) is 29.5 Å². The number of benzene rings is 1. The molecular formula is C12H15NO. The lowest BCUT2D eigenvalue weighted by atomic mass is 10.1. The predicted octanol–water partition coefficient (Wildman–Crippen LogP) is 2.80. The first-order chi connectivity index (χ1) is 6.63. The highest BCUT2D eigenvalue weighted by molar-refractivity contribution is 5.83. The Morgan fingerprint density at radius 2 is 1.86 bits per heavy atom. The maximum atomic E-state index is 5.29. The number of nitrogens with zero attached hydrogens (tertiary/aromatic N) is 1. The highest BCUT2D eigenvalue weighted by Crippen LogP contribution is 2.26. The minimum absolute atomic E-state index is 0.961. The van der Waals surface area contributed by atoms with E-state index in [1.165, 1.54) is 22.2 Å². The van der Waals surface area contributed by atoms with E-state index in [1.54, 1.807) is 7.11 Å². The Labute approximate surface area is 84.1 Å². The van der Waals surface area contributed by atoms with E-state index in [-0.39, 0.29) is 0 Å². The summed E-state index contributed by atoms with van der Waals surface area (Å²) in [6.07, 6.45) is 0. The molecule has 14 heavy (non-hydrogen) atoms. The van der Waals surface area contributed by atoms with E-state index < -0.39 is 0 Å². The molecule has 0 saturated heterocycles. The van der Waals surface area contributed by atoms with Crippen LogP contribution in [0.5, 0.6) is 5.75 Å². The summed E-state index contributed by atoms with van der Waals surface area (Å²) >= 11 is 0. The fourth-order valence-corrected chi connectivity index (χ4v) is 1.83. The largest absolute Gasteiger partial charge is 0.496 e. The van der Waals surface area contributed by atoms with Gasteiger partial charge < -0.3 is 9.30 Å². The number of aryl methyl sites for hydroxylation is 3. The van der Waals surface area contributed by atoms with E-state index >= 15 is 0 Å². The van der Waals surface area contributed by atoms with Crippen LogP contribution in [-0.4, -0.2) is 11.7 Å². The summed E-state index contributed by atoms with van der Waals surface area (Å²) < 4.78 is 7.49. The molecule has 0 radical (unpaired) electrons. The molecule has 0 saturated carbocycles. The minimum atomic E-state index is 0.961. The molecule has 2 nitrogen and oxygen atoms in total. The van der Waals surface area contributed by atoms with Gasteiger partial charge in [-0.3, -0.25) is 0 Å². The third kappa shape index (κ3) is 1.18. The normalized spacial score (nSPS) is 10.9. The van der Waals surface area contributed by atoms with E-state index in [9.17, 15) is 0 Å². The smallest absolute Gasteiger partial charge is 0.122 e. The molecule has 2 rings (SSSR count). The molecule has 1 aromatic heterocycles. The number of hydrogen-bond donors (Lipinski definition) is 0. The summed E-state index contributed by atoms with van der Waals surface area (Å²) in [4.78, 5) is 0. The van der Waals surface area contributed by atoms with Crippen molar-refractivity contribution in [3.63, 3.8) is 0 Å². The number of methoxy groups -OCH3 is 1. The average Bonchev–Trinajstić information content (AvgIpc) is 2.43. The molecule has 74 valence electrons. The van der Waals surface area contributed by atoms with Gasteiger partial charge in [-0.15, -0.1) is 0 Å². The van der Waals surface area contributed by atoms with Gasteiger partial charge in [-0.25, -0.2) is 0 Å². The maximum absolute atomic E-state index is 5.29. The Morgan fingerprint density at radius 3 is 2.50 bits per heavy atom. The van der Waals surface area contributed by atoms with Crippen molar-refractivity contribution in [2.45, 2.75) is 13.8 Å². The third-order valence-corrected chi connectivity index (χ3v) is 2.80. The topological polar surface area (TPSA) is 14.2 Å². The molecule has 0 unspecified atom stereocenters. The minimum Gasteiger partial charge on any atom is -0.496 e. The number of hydrogen-bond acceptors (Lipinski definition) is 1. The zero-order chi connectivity index (χ0) is 10.3. The van der Waals surface area contributed by atoms with Crippen LogP contribution in [0.2, 0.25) is 0 Å². The lowest BCUT2D eigenvalue weighted by Crippen LogP contribution is -1.91. The van der Waals surface area contributed by atoms with E-state index in [0.29, 0.717) is 0 Å². The lowest BCUT2D eigenvalue weighted by molar-refractivity contribution is 0.412. The van der Waals surface area contributed by atoms with Gasteiger partial charge in [0.25, 0.3) is 0 Å². The Balaban J connectivity index is 2.79. The van der Waals surface area contributed by atoms with Gasteiger partial charge in [-0.1, -0.05) is 0 Å². The average molecular weight is 189 g/mol. The van der Waals surface area contributed by atoms with Gasteiger partial charge >= 0.3 is 0 Å². The van der Waals surface area contributed by atoms with Gasteiger partial charge in [0.15, 0.2) is 0 Å². The molecule has 0 aliphatic carbocycles. The molecule has 0 N–H and O–H groups in total. The number of rotatable bonds is 1. The number of aromatic nitrogens is 1. The number of ether oxygens (including phenoxy) is 1. The van der Waals surface area contributed by atoms with Gasteiger partial charge in [0.2, 0.25) is 0 Å². The summed E-state index contributed by atoms with van der Waals surface area (Å²) in [6, 6.07) is 6.44. The van der Waals surface area contributed by atoms with Gasteiger partial charge in [0.1, 0.15) is 5.75 Å². The zero-order valence-corrected chi connectivity index (χ0v) is 9.09. The second-order valence-corrected chi connectivity index (χ2v) is 3.73. The van der Waals surface area contributed by atoms with Crippen LogP contribution in [0.4, 0.5) is 0 Å². The van der Waals surface area contributed by atoms with Crippen molar-refractivity contribution < 1.29 is 4.74 Å². The van der Waals surface area contributed by atoms with E-state index in [1.807, 2.05) is 0 Å². The molecule has 0 aliphatic rings. The molecule has 0 atom stereocenters. The van der Waals surface area contributed by atoms with Crippen LogP contribution in [0.15, 0.2) is 18.2 Å². The van der Waals surface area contributed by atoms with Crippen LogP contribution >= 0.6 is 0 Å². The van der Waals surface area contributed by atoms with Crippen molar-refractivity contribution in [2.24, 2.45) is 7.05 Å². The SMILES string of the molecule is COc1cc2cc(C)n(C)c2cc1C. The summed E-state index contributed by atoms with van der Waals surface area (Å²) in [5, 5.41) is 1.24. The van der Waals surface area contributed by atoms with Crippen LogP contribution in [-0.2, 0) is 7.05 Å². The first kappa shape index (κ1) is 9.13. The monoisotopic (exact) mass is 189 g/mol. The van der Waals surface area contributed by atoms with Crippen LogP contribution in [0.1, 0.15) is 11.3 Å². The third-order valence-electron chi connectivity index (χ3n) is 2.80. The van der Waals surface area contributed by atoms with Gasteiger partial charge in [-0.05, 0) is 37.6 Å².